The highest BCUT2D eigenvalue weighted by Crippen LogP contribution is 2.20. The second kappa shape index (κ2) is 5.20. The molecule has 0 N–H and O–H groups in total. The fraction of sp³-hybridized carbons (Fsp3) is 0.455. The molecule has 0 fully saturated rings. The molecule has 1 nitrogen and oxygen atoms in total. The number of rotatable bonds is 4. The summed E-state index contributed by atoms with van der Waals surface area (Å²) < 4.78 is 5.46. The number of benzene rings is 1. The SMILES string of the molecule is CCCc1ccccc1C(C)O[SiH3]. The zero-order valence-corrected chi connectivity index (χ0v) is 10.7. The molecule has 0 bridgehead atoms. The van der Waals surface area contributed by atoms with E-state index in [-0.39, 0.29) is 6.10 Å². The van der Waals surface area contributed by atoms with Crippen LogP contribution in [-0.4, -0.2) is 10.5 Å². The average Bonchev–Trinajstić information content (AvgIpc) is 2.18. The summed E-state index contributed by atoms with van der Waals surface area (Å²) in [5.41, 5.74) is 2.80. The molecule has 0 aliphatic heterocycles. The Kier molecular flexibility index (Phi) is 4.19. The first-order valence-electron chi connectivity index (χ1n) is 4.90. The van der Waals surface area contributed by atoms with Gasteiger partial charge >= 0.3 is 0 Å². The zero-order chi connectivity index (χ0) is 9.68. The van der Waals surface area contributed by atoms with Gasteiger partial charge < -0.3 is 4.43 Å². The van der Waals surface area contributed by atoms with E-state index in [1.165, 1.54) is 17.5 Å². The summed E-state index contributed by atoms with van der Waals surface area (Å²) >= 11 is 0. The van der Waals surface area contributed by atoms with Crippen molar-refractivity contribution in [3.63, 3.8) is 0 Å². The van der Waals surface area contributed by atoms with Crippen LogP contribution in [0.5, 0.6) is 0 Å². The first kappa shape index (κ1) is 10.5. The fourth-order valence-electron chi connectivity index (χ4n) is 1.55. The normalized spacial score (nSPS) is 13.1. The Morgan fingerprint density at radius 2 is 2.08 bits per heavy atom. The van der Waals surface area contributed by atoms with Crippen LogP contribution in [0.3, 0.4) is 0 Å². The minimum absolute atomic E-state index is 0.273. The Labute approximate surface area is 83.7 Å². The molecule has 0 spiro atoms. The molecule has 0 heterocycles. The van der Waals surface area contributed by atoms with Crippen molar-refractivity contribution < 1.29 is 4.43 Å². The van der Waals surface area contributed by atoms with Crippen LogP contribution in [0, 0.1) is 0 Å². The summed E-state index contributed by atoms with van der Waals surface area (Å²) in [4.78, 5) is 0. The minimum Gasteiger partial charge on any atom is -0.421 e. The third-order valence-electron chi connectivity index (χ3n) is 2.37. The van der Waals surface area contributed by atoms with Gasteiger partial charge in [0.1, 0.15) is 10.5 Å². The molecule has 0 amide bonds. The second-order valence-electron chi connectivity index (χ2n) is 3.33. The van der Waals surface area contributed by atoms with E-state index in [1.807, 2.05) is 0 Å². The van der Waals surface area contributed by atoms with Gasteiger partial charge in [0.05, 0.1) is 6.10 Å². The van der Waals surface area contributed by atoms with Gasteiger partial charge in [-0.1, -0.05) is 37.6 Å². The molecule has 1 atom stereocenters. The van der Waals surface area contributed by atoms with Crippen molar-refractivity contribution in [2.45, 2.75) is 32.8 Å². The van der Waals surface area contributed by atoms with Gasteiger partial charge in [-0.15, -0.1) is 0 Å². The van der Waals surface area contributed by atoms with Crippen LogP contribution in [0.15, 0.2) is 24.3 Å². The molecule has 72 valence electrons. The van der Waals surface area contributed by atoms with Crippen LogP contribution in [0.2, 0.25) is 0 Å². The minimum atomic E-state index is 0.273. The molecule has 0 saturated carbocycles. The zero-order valence-electron chi connectivity index (χ0n) is 8.71. The van der Waals surface area contributed by atoms with Gasteiger partial charge in [0.15, 0.2) is 0 Å². The van der Waals surface area contributed by atoms with Crippen molar-refractivity contribution in [3.8, 4) is 0 Å². The van der Waals surface area contributed by atoms with Crippen molar-refractivity contribution in [2.75, 3.05) is 0 Å². The molecule has 1 unspecified atom stereocenters. The number of hydrogen-bond donors (Lipinski definition) is 0. The predicted octanol–water partition coefficient (Wildman–Crippen LogP) is 2.00. The van der Waals surface area contributed by atoms with Crippen molar-refractivity contribution in [2.24, 2.45) is 0 Å². The number of hydrogen-bond acceptors (Lipinski definition) is 1. The molecule has 1 aromatic rings. The van der Waals surface area contributed by atoms with E-state index in [0.29, 0.717) is 0 Å². The van der Waals surface area contributed by atoms with E-state index in [0.717, 1.165) is 16.9 Å². The van der Waals surface area contributed by atoms with E-state index in [1.54, 1.807) is 0 Å². The van der Waals surface area contributed by atoms with E-state index >= 15 is 0 Å². The molecule has 1 rings (SSSR count). The van der Waals surface area contributed by atoms with E-state index in [2.05, 4.69) is 38.1 Å². The lowest BCUT2D eigenvalue weighted by atomic mass is 10.00. The standard InChI is InChI=1S/C11H18OSi/c1-3-6-10-7-4-5-8-11(10)9(2)12-13/h4-5,7-9H,3,6H2,1-2,13H3. The van der Waals surface area contributed by atoms with E-state index in [4.69, 9.17) is 4.43 Å². The molecule has 0 aliphatic rings. The highest BCUT2D eigenvalue weighted by atomic mass is 28.2. The first-order valence-corrected chi connectivity index (χ1v) is 5.71. The maximum absolute atomic E-state index is 5.46. The van der Waals surface area contributed by atoms with Crippen molar-refractivity contribution in [1.29, 1.82) is 0 Å². The Balaban J connectivity index is 2.90. The summed E-state index contributed by atoms with van der Waals surface area (Å²) in [6.45, 7) is 4.34. The van der Waals surface area contributed by atoms with Crippen molar-refractivity contribution in [1.82, 2.24) is 0 Å². The Morgan fingerprint density at radius 3 is 2.69 bits per heavy atom. The molecule has 0 aromatic heterocycles. The fourth-order valence-corrected chi connectivity index (χ4v) is 1.81. The van der Waals surface area contributed by atoms with Crippen LogP contribution in [0.1, 0.15) is 37.5 Å². The predicted molar refractivity (Wildman–Crippen MR) is 59.9 cm³/mol. The van der Waals surface area contributed by atoms with Crippen molar-refractivity contribution >= 4 is 10.5 Å². The lowest BCUT2D eigenvalue weighted by Crippen LogP contribution is -2.01. The lowest BCUT2D eigenvalue weighted by Gasteiger charge is -2.14. The highest BCUT2D eigenvalue weighted by Gasteiger charge is 2.06. The summed E-state index contributed by atoms with van der Waals surface area (Å²) in [6.07, 6.45) is 2.63. The summed E-state index contributed by atoms with van der Waals surface area (Å²) in [7, 11) is 0.810. The van der Waals surface area contributed by atoms with Crippen LogP contribution >= 0.6 is 0 Å². The van der Waals surface area contributed by atoms with Gasteiger partial charge in [-0.2, -0.15) is 0 Å². The van der Waals surface area contributed by atoms with Crippen molar-refractivity contribution in [3.05, 3.63) is 35.4 Å². The van der Waals surface area contributed by atoms with Gasteiger partial charge in [0.2, 0.25) is 0 Å². The third kappa shape index (κ3) is 2.67. The van der Waals surface area contributed by atoms with E-state index < -0.39 is 0 Å². The molecule has 1 aromatic carbocycles. The molecule has 0 radical (unpaired) electrons. The average molecular weight is 194 g/mol. The quantitative estimate of drug-likeness (QED) is 0.666. The summed E-state index contributed by atoms with van der Waals surface area (Å²) in [6, 6.07) is 8.57. The van der Waals surface area contributed by atoms with Crippen LogP contribution < -0.4 is 0 Å². The molecule has 13 heavy (non-hydrogen) atoms. The molecule has 2 heteroatoms. The van der Waals surface area contributed by atoms with Gasteiger partial charge in [-0.25, -0.2) is 0 Å². The Hall–Kier alpha value is -0.603. The monoisotopic (exact) mass is 194 g/mol. The molecular formula is C11H18OSi. The smallest absolute Gasteiger partial charge is 0.146 e. The van der Waals surface area contributed by atoms with E-state index in [9.17, 15) is 0 Å². The van der Waals surface area contributed by atoms with Gasteiger partial charge in [0, 0.05) is 0 Å². The van der Waals surface area contributed by atoms with Crippen LogP contribution in [0.25, 0.3) is 0 Å². The molecular weight excluding hydrogens is 176 g/mol. The molecule has 0 saturated heterocycles. The Bertz CT molecular complexity index is 260. The topological polar surface area (TPSA) is 9.23 Å². The van der Waals surface area contributed by atoms with Crippen LogP contribution in [0.4, 0.5) is 0 Å². The highest BCUT2D eigenvalue weighted by molar-refractivity contribution is 5.98. The largest absolute Gasteiger partial charge is 0.421 e. The summed E-state index contributed by atoms with van der Waals surface area (Å²) in [5, 5.41) is 0. The first-order chi connectivity index (χ1) is 6.29. The summed E-state index contributed by atoms with van der Waals surface area (Å²) in [5.74, 6) is 0. The maximum Gasteiger partial charge on any atom is 0.146 e. The van der Waals surface area contributed by atoms with Gasteiger partial charge in [0.25, 0.3) is 0 Å². The lowest BCUT2D eigenvalue weighted by molar-refractivity contribution is 0.249. The Morgan fingerprint density at radius 1 is 1.38 bits per heavy atom. The third-order valence-corrected chi connectivity index (χ3v) is 3.07. The van der Waals surface area contributed by atoms with Crippen LogP contribution in [-0.2, 0) is 10.8 Å². The molecule has 0 aliphatic carbocycles. The van der Waals surface area contributed by atoms with Gasteiger partial charge in [-0.05, 0) is 24.5 Å². The van der Waals surface area contributed by atoms with Gasteiger partial charge in [-0.3, -0.25) is 0 Å². The second-order valence-corrected chi connectivity index (χ2v) is 3.80. The number of aryl methyl sites for hydroxylation is 1. The maximum atomic E-state index is 5.46.